The standard InChI is InChI=1S/C14H21NS/c1-8-9(2)11(4)14(7-16-13(6)15)12(5)10(8)3/h15H,7H2,1-6H3. The van der Waals surface area contributed by atoms with Crippen molar-refractivity contribution in [3.63, 3.8) is 0 Å². The summed E-state index contributed by atoms with van der Waals surface area (Å²) in [5.74, 6) is 0.926. The third-order valence-corrected chi connectivity index (χ3v) is 4.45. The molecular weight excluding hydrogens is 214 g/mol. The highest BCUT2D eigenvalue weighted by Crippen LogP contribution is 2.28. The molecule has 0 saturated carbocycles. The highest BCUT2D eigenvalue weighted by atomic mass is 32.2. The molecule has 0 aliphatic carbocycles. The molecule has 88 valence electrons. The van der Waals surface area contributed by atoms with Crippen molar-refractivity contribution in [3.05, 3.63) is 33.4 Å². The van der Waals surface area contributed by atoms with Crippen molar-refractivity contribution in [2.24, 2.45) is 0 Å². The van der Waals surface area contributed by atoms with Gasteiger partial charge in [-0.05, 0) is 74.9 Å². The molecule has 0 bridgehead atoms. The zero-order chi connectivity index (χ0) is 12.5. The second-order valence-corrected chi connectivity index (χ2v) is 5.64. The molecule has 0 aliphatic rings. The first-order valence-electron chi connectivity index (χ1n) is 5.60. The zero-order valence-corrected chi connectivity index (χ0v) is 11.9. The van der Waals surface area contributed by atoms with Crippen LogP contribution in [0.5, 0.6) is 0 Å². The number of hydrogen-bond donors (Lipinski definition) is 1. The van der Waals surface area contributed by atoms with E-state index < -0.39 is 0 Å². The molecule has 0 saturated heterocycles. The average molecular weight is 235 g/mol. The maximum absolute atomic E-state index is 7.50. The van der Waals surface area contributed by atoms with Crippen molar-refractivity contribution in [1.29, 1.82) is 5.41 Å². The highest BCUT2D eigenvalue weighted by molar-refractivity contribution is 8.13. The lowest BCUT2D eigenvalue weighted by molar-refractivity contribution is 1.12. The molecule has 16 heavy (non-hydrogen) atoms. The Morgan fingerprint density at radius 2 is 1.25 bits per heavy atom. The van der Waals surface area contributed by atoms with Gasteiger partial charge >= 0.3 is 0 Å². The van der Waals surface area contributed by atoms with E-state index in [-0.39, 0.29) is 0 Å². The minimum atomic E-state index is 0.690. The molecule has 1 nitrogen and oxygen atoms in total. The molecule has 1 rings (SSSR count). The molecule has 0 unspecified atom stereocenters. The summed E-state index contributed by atoms with van der Waals surface area (Å²) in [6.07, 6.45) is 0. The Morgan fingerprint density at radius 1 is 0.875 bits per heavy atom. The summed E-state index contributed by atoms with van der Waals surface area (Å²) in [6, 6.07) is 0. The molecule has 0 aromatic heterocycles. The fourth-order valence-electron chi connectivity index (χ4n) is 1.97. The second-order valence-electron chi connectivity index (χ2n) is 4.45. The minimum absolute atomic E-state index is 0.690. The summed E-state index contributed by atoms with van der Waals surface area (Å²) in [5.41, 5.74) is 8.43. The normalized spacial score (nSPS) is 10.6. The zero-order valence-electron chi connectivity index (χ0n) is 11.1. The number of nitrogens with one attached hydrogen (secondary N) is 1. The predicted octanol–water partition coefficient (Wildman–Crippen LogP) is 4.46. The number of thioether (sulfide) groups is 1. The van der Waals surface area contributed by atoms with E-state index in [1.54, 1.807) is 11.8 Å². The number of hydrogen-bond acceptors (Lipinski definition) is 2. The largest absolute Gasteiger partial charge is 0.299 e. The van der Waals surface area contributed by atoms with Crippen LogP contribution in [0.2, 0.25) is 0 Å². The lowest BCUT2D eigenvalue weighted by atomic mass is 9.90. The van der Waals surface area contributed by atoms with Gasteiger partial charge in [-0.15, -0.1) is 11.8 Å². The van der Waals surface area contributed by atoms with E-state index in [0.29, 0.717) is 5.04 Å². The lowest BCUT2D eigenvalue weighted by Gasteiger charge is -2.18. The van der Waals surface area contributed by atoms with E-state index in [2.05, 4.69) is 34.6 Å². The molecule has 1 aromatic rings. The third kappa shape index (κ3) is 2.49. The fourth-order valence-corrected chi connectivity index (χ4v) is 2.77. The van der Waals surface area contributed by atoms with Gasteiger partial charge in [0.2, 0.25) is 0 Å². The summed E-state index contributed by atoms with van der Waals surface area (Å²) in [4.78, 5) is 0. The van der Waals surface area contributed by atoms with Crippen LogP contribution >= 0.6 is 11.8 Å². The quantitative estimate of drug-likeness (QED) is 0.594. The van der Waals surface area contributed by atoms with Gasteiger partial charge in [-0.1, -0.05) is 0 Å². The molecule has 0 heterocycles. The Bertz CT molecular complexity index is 404. The minimum Gasteiger partial charge on any atom is -0.299 e. The summed E-state index contributed by atoms with van der Waals surface area (Å²) < 4.78 is 0. The van der Waals surface area contributed by atoms with Gasteiger partial charge in [-0.3, -0.25) is 5.41 Å². The van der Waals surface area contributed by atoms with Crippen molar-refractivity contribution in [2.75, 3.05) is 0 Å². The average Bonchev–Trinajstić information content (AvgIpc) is 2.23. The van der Waals surface area contributed by atoms with E-state index in [1.807, 2.05) is 6.92 Å². The first-order valence-corrected chi connectivity index (χ1v) is 6.58. The lowest BCUT2D eigenvalue weighted by Crippen LogP contribution is -2.02. The summed E-state index contributed by atoms with van der Waals surface area (Å²) in [6.45, 7) is 12.8. The van der Waals surface area contributed by atoms with Crippen LogP contribution < -0.4 is 0 Å². The first kappa shape index (κ1) is 13.3. The first-order chi connectivity index (χ1) is 7.36. The monoisotopic (exact) mass is 235 g/mol. The third-order valence-electron chi connectivity index (χ3n) is 3.59. The van der Waals surface area contributed by atoms with Gasteiger partial charge < -0.3 is 0 Å². The smallest absolute Gasteiger partial charge is 0.0613 e. The molecule has 0 spiro atoms. The van der Waals surface area contributed by atoms with Gasteiger partial charge in [0, 0.05) is 5.75 Å². The van der Waals surface area contributed by atoms with Crippen LogP contribution in [-0.2, 0) is 5.75 Å². The van der Waals surface area contributed by atoms with Crippen molar-refractivity contribution in [1.82, 2.24) is 0 Å². The van der Waals surface area contributed by atoms with Crippen molar-refractivity contribution < 1.29 is 0 Å². The second kappa shape index (κ2) is 5.05. The van der Waals surface area contributed by atoms with Crippen LogP contribution in [0.3, 0.4) is 0 Å². The van der Waals surface area contributed by atoms with Crippen LogP contribution in [0, 0.1) is 40.0 Å². The van der Waals surface area contributed by atoms with E-state index in [0.717, 1.165) is 5.75 Å². The van der Waals surface area contributed by atoms with E-state index in [9.17, 15) is 0 Å². The van der Waals surface area contributed by atoms with Gasteiger partial charge in [0.15, 0.2) is 0 Å². The van der Waals surface area contributed by atoms with Crippen LogP contribution in [0.15, 0.2) is 0 Å². The fraction of sp³-hybridized carbons (Fsp3) is 0.500. The van der Waals surface area contributed by atoms with Crippen molar-refractivity contribution in [2.45, 2.75) is 47.3 Å². The Kier molecular flexibility index (Phi) is 4.20. The van der Waals surface area contributed by atoms with Crippen molar-refractivity contribution in [3.8, 4) is 0 Å². The molecule has 0 amide bonds. The summed E-state index contributed by atoms with van der Waals surface area (Å²) in [7, 11) is 0. The van der Waals surface area contributed by atoms with Gasteiger partial charge in [-0.2, -0.15) is 0 Å². The van der Waals surface area contributed by atoms with E-state index in [4.69, 9.17) is 5.41 Å². The molecule has 2 heteroatoms. The van der Waals surface area contributed by atoms with Gasteiger partial charge in [-0.25, -0.2) is 0 Å². The van der Waals surface area contributed by atoms with E-state index in [1.165, 1.54) is 33.4 Å². The predicted molar refractivity (Wildman–Crippen MR) is 74.8 cm³/mol. The number of benzene rings is 1. The molecule has 0 radical (unpaired) electrons. The summed E-state index contributed by atoms with van der Waals surface area (Å²) >= 11 is 1.62. The molecule has 1 N–H and O–H groups in total. The Morgan fingerprint density at radius 3 is 1.62 bits per heavy atom. The topological polar surface area (TPSA) is 23.9 Å². The van der Waals surface area contributed by atoms with Gasteiger partial charge in [0.05, 0.1) is 5.04 Å². The summed E-state index contributed by atoms with van der Waals surface area (Å²) in [5, 5.41) is 8.19. The van der Waals surface area contributed by atoms with Crippen LogP contribution in [0.25, 0.3) is 0 Å². The molecule has 0 fully saturated rings. The Hall–Kier alpha value is -0.760. The molecular formula is C14H21NS. The van der Waals surface area contributed by atoms with Crippen LogP contribution in [0.1, 0.15) is 40.3 Å². The Labute approximate surface area is 103 Å². The molecule has 0 aliphatic heterocycles. The van der Waals surface area contributed by atoms with E-state index >= 15 is 0 Å². The van der Waals surface area contributed by atoms with Gasteiger partial charge in [0.25, 0.3) is 0 Å². The highest BCUT2D eigenvalue weighted by Gasteiger charge is 2.12. The van der Waals surface area contributed by atoms with Crippen LogP contribution in [0.4, 0.5) is 0 Å². The van der Waals surface area contributed by atoms with Gasteiger partial charge in [0.1, 0.15) is 0 Å². The maximum atomic E-state index is 7.50. The molecule has 0 atom stereocenters. The SMILES string of the molecule is CC(=N)SCc1c(C)c(C)c(C)c(C)c1C. The molecule has 1 aromatic carbocycles. The number of rotatable bonds is 2. The Balaban J connectivity index is 3.23. The van der Waals surface area contributed by atoms with Crippen LogP contribution in [-0.4, -0.2) is 5.04 Å². The van der Waals surface area contributed by atoms with Crippen molar-refractivity contribution >= 4 is 16.8 Å². The maximum Gasteiger partial charge on any atom is 0.0613 e.